The van der Waals surface area contributed by atoms with E-state index < -0.39 is 0 Å². The van der Waals surface area contributed by atoms with Crippen molar-refractivity contribution in [2.75, 3.05) is 11.9 Å². The summed E-state index contributed by atoms with van der Waals surface area (Å²) in [5.41, 5.74) is 0.960. The molecule has 1 aromatic heterocycles. The van der Waals surface area contributed by atoms with Crippen molar-refractivity contribution in [2.24, 2.45) is 5.92 Å². The lowest BCUT2D eigenvalue weighted by molar-refractivity contribution is -0.121. The number of carbonyl (C=O) groups is 1. The first kappa shape index (κ1) is 14.4. The van der Waals surface area contributed by atoms with Gasteiger partial charge in [-0.15, -0.1) is 0 Å². The molecule has 0 aliphatic carbocycles. The first-order chi connectivity index (χ1) is 8.52. The Morgan fingerprint density at radius 2 is 2.06 bits per heavy atom. The van der Waals surface area contributed by atoms with E-state index in [0.29, 0.717) is 18.3 Å². The molecule has 18 heavy (non-hydrogen) atoms. The summed E-state index contributed by atoms with van der Waals surface area (Å²) in [7, 11) is 0. The lowest BCUT2D eigenvalue weighted by Gasteiger charge is -2.15. The van der Waals surface area contributed by atoms with Crippen LogP contribution in [0.15, 0.2) is 12.4 Å². The number of hydrogen-bond donors (Lipinski definition) is 2. The molecule has 0 fully saturated rings. The second-order valence-corrected chi connectivity index (χ2v) is 4.75. The van der Waals surface area contributed by atoms with Gasteiger partial charge in [-0.25, -0.2) is 9.97 Å². The van der Waals surface area contributed by atoms with Gasteiger partial charge in [0.15, 0.2) is 0 Å². The second-order valence-electron chi connectivity index (χ2n) is 4.75. The molecule has 0 aliphatic heterocycles. The zero-order valence-corrected chi connectivity index (χ0v) is 11.5. The minimum absolute atomic E-state index is 0.0136. The number of amides is 1. The van der Waals surface area contributed by atoms with Gasteiger partial charge in [0.1, 0.15) is 18.2 Å². The number of aryl methyl sites for hydroxylation is 1. The number of carbonyl (C=O) groups excluding carboxylic acids is 1. The Kier molecular flexibility index (Phi) is 5.55. The normalized spacial score (nSPS) is 12.3. The third-order valence-electron chi connectivity index (χ3n) is 2.53. The largest absolute Gasteiger partial charge is 0.359 e. The lowest BCUT2D eigenvalue weighted by atomic mass is 10.2. The molecule has 1 heterocycles. The van der Waals surface area contributed by atoms with Gasteiger partial charge in [-0.2, -0.15) is 0 Å². The summed E-state index contributed by atoms with van der Waals surface area (Å²) in [6, 6.07) is 1.56. The van der Waals surface area contributed by atoms with E-state index in [9.17, 15) is 4.79 Å². The Morgan fingerprint density at radius 3 is 2.67 bits per heavy atom. The maximum Gasteiger partial charge on any atom is 0.242 e. The predicted octanol–water partition coefficient (Wildman–Crippen LogP) is 1.61. The van der Waals surface area contributed by atoms with Crippen LogP contribution in [0.1, 0.15) is 33.4 Å². The topological polar surface area (TPSA) is 66.9 Å². The molecule has 0 spiro atoms. The molecular formula is C13H22N4O. The van der Waals surface area contributed by atoms with Crippen molar-refractivity contribution in [1.29, 1.82) is 0 Å². The van der Waals surface area contributed by atoms with Crippen molar-refractivity contribution in [3.63, 3.8) is 0 Å². The molecule has 0 saturated heterocycles. The van der Waals surface area contributed by atoms with Crippen LogP contribution in [0.3, 0.4) is 0 Å². The van der Waals surface area contributed by atoms with E-state index in [4.69, 9.17) is 0 Å². The van der Waals surface area contributed by atoms with Crippen LogP contribution in [0, 0.1) is 5.92 Å². The van der Waals surface area contributed by atoms with Crippen molar-refractivity contribution in [3.8, 4) is 0 Å². The molecule has 0 aromatic carbocycles. The standard InChI is InChI=1S/C13H22N4O/c1-5-11-6-12(16-8-15-11)17-10(4)13(18)14-7-9(2)3/h6,8-10H,5,7H2,1-4H3,(H,14,18)(H,15,16,17). The Bertz CT molecular complexity index is 392. The molecule has 1 atom stereocenters. The fourth-order valence-electron chi connectivity index (χ4n) is 1.42. The van der Waals surface area contributed by atoms with Gasteiger partial charge in [0.2, 0.25) is 5.91 Å². The first-order valence-corrected chi connectivity index (χ1v) is 6.38. The molecule has 1 rings (SSSR count). The van der Waals surface area contributed by atoms with Crippen molar-refractivity contribution >= 4 is 11.7 Å². The van der Waals surface area contributed by atoms with Crippen molar-refractivity contribution in [2.45, 2.75) is 40.2 Å². The fraction of sp³-hybridized carbons (Fsp3) is 0.615. The van der Waals surface area contributed by atoms with Crippen LogP contribution >= 0.6 is 0 Å². The smallest absolute Gasteiger partial charge is 0.242 e. The van der Waals surface area contributed by atoms with E-state index in [0.717, 1.165) is 12.1 Å². The Labute approximate surface area is 108 Å². The highest BCUT2D eigenvalue weighted by molar-refractivity contribution is 5.83. The quantitative estimate of drug-likeness (QED) is 0.805. The molecule has 2 N–H and O–H groups in total. The zero-order chi connectivity index (χ0) is 13.5. The Balaban J connectivity index is 2.52. The summed E-state index contributed by atoms with van der Waals surface area (Å²) in [5.74, 6) is 1.13. The van der Waals surface area contributed by atoms with Crippen molar-refractivity contribution in [3.05, 3.63) is 18.1 Å². The molecule has 100 valence electrons. The fourth-order valence-corrected chi connectivity index (χ4v) is 1.42. The molecule has 0 aliphatic rings. The van der Waals surface area contributed by atoms with Crippen LogP contribution in [-0.4, -0.2) is 28.5 Å². The number of anilines is 1. The monoisotopic (exact) mass is 250 g/mol. The van der Waals surface area contributed by atoms with Gasteiger partial charge >= 0.3 is 0 Å². The first-order valence-electron chi connectivity index (χ1n) is 6.38. The van der Waals surface area contributed by atoms with Crippen molar-refractivity contribution in [1.82, 2.24) is 15.3 Å². The van der Waals surface area contributed by atoms with E-state index in [1.165, 1.54) is 6.33 Å². The zero-order valence-electron chi connectivity index (χ0n) is 11.5. The predicted molar refractivity (Wildman–Crippen MR) is 72.3 cm³/mol. The summed E-state index contributed by atoms with van der Waals surface area (Å²) in [4.78, 5) is 20.0. The average Bonchev–Trinajstić information content (AvgIpc) is 2.36. The van der Waals surface area contributed by atoms with Crippen LogP contribution in [0.5, 0.6) is 0 Å². The highest BCUT2D eigenvalue weighted by atomic mass is 16.2. The highest BCUT2D eigenvalue weighted by Crippen LogP contribution is 2.06. The van der Waals surface area contributed by atoms with Gasteiger partial charge in [-0.3, -0.25) is 4.79 Å². The van der Waals surface area contributed by atoms with E-state index in [2.05, 4.69) is 34.4 Å². The third-order valence-corrected chi connectivity index (χ3v) is 2.53. The molecule has 1 amide bonds. The Hall–Kier alpha value is -1.65. The van der Waals surface area contributed by atoms with Crippen LogP contribution < -0.4 is 10.6 Å². The van der Waals surface area contributed by atoms with Gasteiger partial charge in [0, 0.05) is 18.3 Å². The summed E-state index contributed by atoms with van der Waals surface area (Å²) in [6.45, 7) is 8.68. The number of rotatable bonds is 6. The number of hydrogen-bond acceptors (Lipinski definition) is 4. The molecule has 1 unspecified atom stereocenters. The van der Waals surface area contributed by atoms with Gasteiger partial charge in [-0.1, -0.05) is 20.8 Å². The minimum Gasteiger partial charge on any atom is -0.359 e. The van der Waals surface area contributed by atoms with Crippen LogP contribution in [0.25, 0.3) is 0 Å². The second kappa shape index (κ2) is 6.93. The van der Waals surface area contributed by atoms with Crippen LogP contribution in [-0.2, 0) is 11.2 Å². The van der Waals surface area contributed by atoms with E-state index in [1.54, 1.807) is 0 Å². The van der Waals surface area contributed by atoms with Crippen molar-refractivity contribution < 1.29 is 4.79 Å². The molecule has 0 bridgehead atoms. The SMILES string of the molecule is CCc1cc(NC(C)C(=O)NCC(C)C)ncn1. The van der Waals surface area contributed by atoms with Gasteiger partial charge in [0.25, 0.3) is 0 Å². The number of aromatic nitrogens is 2. The summed E-state index contributed by atoms with van der Waals surface area (Å²) in [5, 5.41) is 5.96. The van der Waals surface area contributed by atoms with E-state index in [-0.39, 0.29) is 11.9 Å². The number of nitrogens with zero attached hydrogens (tertiary/aromatic N) is 2. The molecular weight excluding hydrogens is 228 g/mol. The Morgan fingerprint density at radius 1 is 1.33 bits per heavy atom. The summed E-state index contributed by atoms with van der Waals surface area (Å²) < 4.78 is 0. The lowest BCUT2D eigenvalue weighted by Crippen LogP contribution is -2.39. The van der Waals surface area contributed by atoms with Crippen LogP contribution in [0.4, 0.5) is 5.82 Å². The molecule has 1 aromatic rings. The summed E-state index contributed by atoms with van der Waals surface area (Å²) >= 11 is 0. The third kappa shape index (κ3) is 4.69. The molecule has 5 nitrogen and oxygen atoms in total. The number of nitrogens with one attached hydrogen (secondary N) is 2. The maximum absolute atomic E-state index is 11.8. The van der Waals surface area contributed by atoms with Gasteiger partial charge in [0.05, 0.1) is 0 Å². The van der Waals surface area contributed by atoms with E-state index >= 15 is 0 Å². The highest BCUT2D eigenvalue weighted by Gasteiger charge is 2.13. The summed E-state index contributed by atoms with van der Waals surface area (Å²) in [6.07, 6.45) is 2.37. The van der Waals surface area contributed by atoms with Gasteiger partial charge in [-0.05, 0) is 19.3 Å². The van der Waals surface area contributed by atoms with E-state index in [1.807, 2.05) is 19.9 Å². The minimum atomic E-state index is -0.302. The van der Waals surface area contributed by atoms with Gasteiger partial charge < -0.3 is 10.6 Å². The molecule has 5 heteroatoms. The molecule has 0 saturated carbocycles. The van der Waals surface area contributed by atoms with Crippen LogP contribution in [0.2, 0.25) is 0 Å². The maximum atomic E-state index is 11.8. The molecule has 0 radical (unpaired) electrons. The average molecular weight is 250 g/mol.